The van der Waals surface area contributed by atoms with Gasteiger partial charge in [-0.25, -0.2) is 0 Å². The van der Waals surface area contributed by atoms with E-state index in [2.05, 4.69) is 17.9 Å². The predicted molar refractivity (Wildman–Crippen MR) is 116 cm³/mol. The molecule has 0 spiro atoms. The second-order valence-corrected chi connectivity index (χ2v) is 7.19. The van der Waals surface area contributed by atoms with Crippen LogP contribution in [0.15, 0.2) is 36.4 Å². The summed E-state index contributed by atoms with van der Waals surface area (Å²) in [5.41, 5.74) is 1.84. The monoisotopic (exact) mass is 414 g/mol. The fourth-order valence-corrected chi connectivity index (χ4v) is 3.78. The Morgan fingerprint density at radius 1 is 1.10 bits per heavy atom. The van der Waals surface area contributed by atoms with Crippen molar-refractivity contribution >= 4 is 11.6 Å². The molecule has 1 aliphatic rings. The van der Waals surface area contributed by atoms with Crippen molar-refractivity contribution in [3.63, 3.8) is 0 Å². The molecule has 7 nitrogen and oxygen atoms in total. The van der Waals surface area contributed by atoms with Gasteiger partial charge in [0.05, 0.1) is 46.5 Å². The number of ether oxygens (including phenoxy) is 4. The molecule has 2 aromatic rings. The molecule has 0 aromatic heterocycles. The number of amides is 1. The summed E-state index contributed by atoms with van der Waals surface area (Å²) in [6.07, 6.45) is 0.0991. The number of hydrogen-bond donors (Lipinski definition) is 0. The van der Waals surface area contributed by atoms with Gasteiger partial charge < -0.3 is 28.7 Å². The molecule has 2 aromatic carbocycles. The Bertz CT molecular complexity index is 886. The van der Waals surface area contributed by atoms with E-state index in [1.165, 1.54) is 0 Å². The van der Waals surface area contributed by atoms with Gasteiger partial charge in [0.15, 0.2) is 11.5 Å². The zero-order valence-electron chi connectivity index (χ0n) is 18.3. The summed E-state index contributed by atoms with van der Waals surface area (Å²) in [5.74, 6) is 2.40. The molecule has 0 saturated carbocycles. The average Bonchev–Trinajstić information content (AvgIpc) is 2.77. The number of rotatable bonds is 8. The zero-order chi connectivity index (χ0) is 21.7. The average molecular weight is 415 g/mol. The van der Waals surface area contributed by atoms with E-state index in [9.17, 15) is 4.79 Å². The molecule has 3 rings (SSSR count). The summed E-state index contributed by atoms with van der Waals surface area (Å²) >= 11 is 0. The van der Waals surface area contributed by atoms with E-state index in [1.54, 1.807) is 39.3 Å². The molecule has 0 bridgehead atoms. The third-order valence-corrected chi connectivity index (χ3v) is 5.34. The molecule has 7 heteroatoms. The Kier molecular flexibility index (Phi) is 6.92. The third kappa shape index (κ3) is 4.40. The molecular formula is C23H30N2O5. The van der Waals surface area contributed by atoms with E-state index in [4.69, 9.17) is 18.9 Å². The van der Waals surface area contributed by atoms with Gasteiger partial charge in [-0.3, -0.25) is 4.79 Å². The van der Waals surface area contributed by atoms with Crippen LogP contribution in [0.5, 0.6) is 23.0 Å². The maximum atomic E-state index is 12.9. The van der Waals surface area contributed by atoms with Crippen molar-refractivity contribution in [3.8, 4) is 23.0 Å². The second-order valence-electron chi connectivity index (χ2n) is 7.19. The highest BCUT2D eigenvalue weighted by Gasteiger charge is 2.27. The topological polar surface area (TPSA) is 60.5 Å². The molecule has 1 amide bonds. The van der Waals surface area contributed by atoms with Gasteiger partial charge >= 0.3 is 0 Å². The van der Waals surface area contributed by atoms with Crippen molar-refractivity contribution in [1.29, 1.82) is 0 Å². The fraction of sp³-hybridized carbons (Fsp3) is 0.435. The third-order valence-electron chi connectivity index (χ3n) is 5.34. The Labute approximate surface area is 178 Å². The van der Waals surface area contributed by atoms with E-state index in [-0.39, 0.29) is 18.4 Å². The molecule has 1 unspecified atom stereocenters. The number of nitrogens with zero attached hydrogens (tertiary/aromatic N) is 2. The summed E-state index contributed by atoms with van der Waals surface area (Å²) in [4.78, 5) is 16.9. The van der Waals surface area contributed by atoms with Crippen LogP contribution < -0.4 is 23.8 Å². The number of methoxy groups -OCH3 is 3. The molecule has 0 radical (unpaired) electrons. The number of hydrogen-bond acceptors (Lipinski definition) is 6. The Morgan fingerprint density at radius 2 is 1.83 bits per heavy atom. The van der Waals surface area contributed by atoms with Crippen molar-refractivity contribution in [1.82, 2.24) is 4.90 Å². The van der Waals surface area contributed by atoms with E-state index < -0.39 is 0 Å². The number of para-hydroxylation sites is 2. The highest BCUT2D eigenvalue weighted by Crippen LogP contribution is 2.40. The van der Waals surface area contributed by atoms with Gasteiger partial charge in [-0.2, -0.15) is 0 Å². The lowest BCUT2D eigenvalue weighted by Gasteiger charge is -2.37. The molecule has 1 heterocycles. The normalized spacial score (nSPS) is 15.1. The van der Waals surface area contributed by atoms with Crippen molar-refractivity contribution in [2.24, 2.45) is 0 Å². The van der Waals surface area contributed by atoms with Crippen molar-refractivity contribution in [3.05, 3.63) is 42.0 Å². The van der Waals surface area contributed by atoms with Crippen LogP contribution in [0.4, 0.5) is 5.69 Å². The molecule has 162 valence electrons. The number of carbonyl (C=O) groups is 1. The van der Waals surface area contributed by atoms with Crippen LogP contribution >= 0.6 is 0 Å². The summed E-state index contributed by atoms with van der Waals surface area (Å²) in [6, 6.07) is 11.6. The molecule has 30 heavy (non-hydrogen) atoms. The number of benzene rings is 2. The van der Waals surface area contributed by atoms with Gasteiger partial charge in [-0.15, -0.1) is 0 Å². The minimum absolute atomic E-state index is 0.0222. The molecule has 0 fully saturated rings. The van der Waals surface area contributed by atoms with E-state index in [1.807, 2.05) is 24.3 Å². The first-order valence-electron chi connectivity index (χ1n) is 10.0. The highest BCUT2D eigenvalue weighted by molar-refractivity contribution is 5.80. The lowest BCUT2D eigenvalue weighted by atomic mass is 10.1. The van der Waals surface area contributed by atoms with Gasteiger partial charge in [0.25, 0.3) is 0 Å². The van der Waals surface area contributed by atoms with E-state index in [0.717, 1.165) is 30.1 Å². The van der Waals surface area contributed by atoms with Crippen molar-refractivity contribution in [2.75, 3.05) is 52.9 Å². The van der Waals surface area contributed by atoms with Crippen molar-refractivity contribution < 1.29 is 23.7 Å². The number of anilines is 1. The van der Waals surface area contributed by atoms with Crippen LogP contribution in [0.2, 0.25) is 0 Å². The molecular weight excluding hydrogens is 384 g/mol. The summed E-state index contributed by atoms with van der Waals surface area (Å²) in [7, 11) is 6.48. The maximum absolute atomic E-state index is 12.9. The summed E-state index contributed by atoms with van der Waals surface area (Å²) < 4.78 is 22.4. The lowest BCUT2D eigenvalue weighted by Crippen LogP contribution is -2.47. The van der Waals surface area contributed by atoms with E-state index >= 15 is 0 Å². The van der Waals surface area contributed by atoms with Crippen LogP contribution in [0.25, 0.3) is 0 Å². The number of likely N-dealkylation sites (N-methyl/N-ethyl adjacent to an activating group) is 2. The molecule has 0 aliphatic carbocycles. The lowest BCUT2D eigenvalue weighted by molar-refractivity contribution is -0.130. The number of carbonyl (C=O) groups excluding carboxylic acids is 1. The van der Waals surface area contributed by atoms with Crippen LogP contribution in [0, 0.1) is 0 Å². The van der Waals surface area contributed by atoms with Crippen LogP contribution in [-0.4, -0.2) is 64.9 Å². The Morgan fingerprint density at radius 3 is 2.50 bits per heavy atom. The first-order valence-corrected chi connectivity index (χ1v) is 10.0. The quantitative estimate of drug-likeness (QED) is 0.662. The molecule has 1 atom stereocenters. The minimum Gasteiger partial charge on any atom is -0.493 e. The van der Waals surface area contributed by atoms with Crippen molar-refractivity contribution in [2.45, 2.75) is 19.4 Å². The van der Waals surface area contributed by atoms with Crippen LogP contribution in [0.1, 0.15) is 12.5 Å². The molecule has 1 aliphatic heterocycles. The SMILES string of the molecule is CCN1CC(CN(C)C(=O)Cc2ccc(OC)c(OC)c2OC)Oc2ccccc21. The van der Waals surface area contributed by atoms with Gasteiger partial charge in [-0.1, -0.05) is 18.2 Å². The second kappa shape index (κ2) is 9.61. The molecule has 0 saturated heterocycles. The fourth-order valence-electron chi connectivity index (χ4n) is 3.78. The van der Waals surface area contributed by atoms with Gasteiger partial charge in [0.2, 0.25) is 11.7 Å². The smallest absolute Gasteiger partial charge is 0.227 e. The number of fused-ring (bicyclic) bond motifs is 1. The van der Waals surface area contributed by atoms with Gasteiger partial charge in [0, 0.05) is 19.2 Å². The predicted octanol–water partition coefficient (Wildman–Crippen LogP) is 3.00. The summed E-state index contributed by atoms with van der Waals surface area (Å²) in [6.45, 7) is 4.25. The van der Waals surface area contributed by atoms with Gasteiger partial charge in [-0.05, 0) is 25.1 Å². The highest BCUT2D eigenvalue weighted by atomic mass is 16.5. The first kappa shape index (κ1) is 21.6. The zero-order valence-corrected chi connectivity index (χ0v) is 18.3. The summed E-state index contributed by atoms with van der Waals surface area (Å²) in [5, 5.41) is 0. The largest absolute Gasteiger partial charge is 0.493 e. The molecule has 0 N–H and O–H groups in total. The van der Waals surface area contributed by atoms with E-state index in [0.29, 0.717) is 23.8 Å². The Hall–Kier alpha value is -3.09. The van der Waals surface area contributed by atoms with Crippen LogP contribution in [0.3, 0.4) is 0 Å². The maximum Gasteiger partial charge on any atom is 0.227 e. The minimum atomic E-state index is -0.0962. The first-order chi connectivity index (χ1) is 14.5. The Balaban J connectivity index is 1.70. The van der Waals surface area contributed by atoms with Gasteiger partial charge in [0.1, 0.15) is 11.9 Å². The standard InChI is InChI=1S/C23H30N2O5/c1-6-25-15-17(30-19-10-8-7-9-18(19)25)14-24(2)21(26)13-16-11-12-20(27-3)23(29-5)22(16)28-4/h7-12,17H,6,13-15H2,1-5H3. The van der Waals surface area contributed by atoms with Crippen LogP contribution in [-0.2, 0) is 11.2 Å².